The summed E-state index contributed by atoms with van der Waals surface area (Å²) in [5, 5.41) is 12.3. The summed E-state index contributed by atoms with van der Waals surface area (Å²) in [6, 6.07) is 12.0. The van der Waals surface area contributed by atoms with Gasteiger partial charge in [0.1, 0.15) is 5.75 Å². The molecular formula is C15H20ClNO. The van der Waals surface area contributed by atoms with Gasteiger partial charge in [0.05, 0.1) is 0 Å². The molecule has 0 aliphatic carbocycles. The summed E-state index contributed by atoms with van der Waals surface area (Å²) < 4.78 is 0. The number of fused-ring (bicyclic) bond motifs is 1. The minimum atomic E-state index is 0. The number of phenols is 1. The molecule has 1 N–H and O–H groups in total. The molecule has 0 heterocycles. The van der Waals surface area contributed by atoms with Gasteiger partial charge in [0.25, 0.3) is 0 Å². The van der Waals surface area contributed by atoms with Crippen molar-refractivity contribution in [2.24, 2.45) is 0 Å². The molecule has 0 saturated heterocycles. The van der Waals surface area contributed by atoms with E-state index in [1.165, 1.54) is 0 Å². The highest BCUT2D eigenvalue weighted by Crippen LogP contribution is 2.29. The zero-order valence-corrected chi connectivity index (χ0v) is 11.7. The number of nitrogens with zero attached hydrogens (tertiary/aromatic N) is 1. The van der Waals surface area contributed by atoms with Crippen molar-refractivity contribution in [3.63, 3.8) is 0 Å². The molecule has 0 fully saturated rings. The number of phenolic OH excluding ortho intramolecular Hbond substituents is 1. The standard InChI is InChI=1S/C15H19NO.ClH/c1-3-16(4-2)11-13-10-9-12-7-5-6-8-14(12)15(13)17;/h5-10,17H,3-4,11H2,1-2H3;1H. The highest BCUT2D eigenvalue weighted by Gasteiger charge is 2.08. The van der Waals surface area contributed by atoms with E-state index in [-0.39, 0.29) is 12.4 Å². The van der Waals surface area contributed by atoms with Crippen molar-refractivity contribution in [1.82, 2.24) is 4.90 Å². The fourth-order valence-electron chi connectivity index (χ4n) is 2.12. The van der Waals surface area contributed by atoms with Gasteiger partial charge in [-0.15, -0.1) is 12.4 Å². The normalized spacial score (nSPS) is 10.6. The van der Waals surface area contributed by atoms with E-state index in [0.717, 1.165) is 36.0 Å². The predicted molar refractivity (Wildman–Crippen MR) is 79.5 cm³/mol. The number of aromatic hydroxyl groups is 1. The van der Waals surface area contributed by atoms with Crippen LogP contribution < -0.4 is 0 Å². The minimum Gasteiger partial charge on any atom is -0.507 e. The lowest BCUT2D eigenvalue weighted by atomic mass is 10.0. The maximum atomic E-state index is 10.3. The zero-order valence-electron chi connectivity index (χ0n) is 10.9. The van der Waals surface area contributed by atoms with E-state index >= 15 is 0 Å². The van der Waals surface area contributed by atoms with Gasteiger partial charge in [-0.3, -0.25) is 4.90 Å². The summed E-state index contributed by atoms with van der Waals surface area (Å²) in [5.41, 5.74) is 1.01. The average Bonchev–Trinajstić information content (AvgIpc) is 2.38. The van der Waals surface area contributed by atoms with Crippen molar-refractivity contribution in [2.45, 2.75) is 20.4 Å². The Hall–Kier alpha value is -1.25. The van der Waals surface area contributed by atoms with Gasteiger partial charge in [-0.2, -0.15) is 0 Å². The van der Waals surface area contributed by atoms with Crippen LogP contribution in [0, 0.1) is 0 Å². The average molecular weight is 266 g/mol. The van der Waals surface area contributed by atoms with Crippen LogP contribution in [0.2, 0.25) is 0 Å². The molecule has 2 nitrogen and oxygen atoms in total. The van der Waals surface area contributed by atoms with Crippen LogP contribution in [0.3, 0.4) is 0 Å². The first kappa shape index (κ1) is 14.8. The SMILES string of the molecule is CCN(CC)Cc1ccc2ccccc2c1O.Cl. The molecule has 2 rings (SSSR count). The minimum absolute atomic E-state index is 0. The lowest BCUT2D eigenvalue weighted by Gasteiger charge is -2.19. The van der Waals surface area contributed by atoms with Crippen LogP contribution in [-0.4, -0.2) is 23.1 Å². The smallest absolute Gasteiger partial charge is 0.127 e. The second kappa shape index (κ2) is 6.62. The summed E-state index contributed by atoms with van der Waals surface area (Å²) in [6.45, 7) is 7.10. The van der Waals surface area contributed by atoms with E-state index in [1.54, 1.807) is 0 Å². The summed E-state index contributed by atoms with van der Waals surface area (Å²) in [6.07, 6.45) is 0. The fourth-order valence-corrected chi connectivity index (χ4v) is 2.12. The van der Waals surface area contributed by atoms with Crippen molar-refractivity contribution < 1.29 is 5.11 Å². The molecule has 3 heteroatoms. The van der Waals surface area contributed by atoms with Crippen LogP contribution in [0.15, 0.2) is 36.4 Å². The van der Waals surface area contributed by atoms with E-state index in [1.807, 2.05) is 30.3 Å². The molecule has 18 heavy (non-hydrogen) atoms. The quantitative estimate of drug-likeness (QED) is 0.909. The molecule has 0 spiro atoms. The lowest BCUT2D eigenvalue weighted by molar-refractivity contribution is 0.291. The number of hydrogen-bond donors (Lipinski definition) is 1. The first-order valence-electron chi connectivity index (χ1n) is 6.18. The van der Waals surface area contributed by atoms with Crippen LogP contribution in [0.1, 0.15) is 19.4 Å². The van der Waals surface area contributed by atoms with E-state index in [4.69, 9.17) is 0 Å². The van der Waals surface area contributed by atoms with Gasteiger partial charge in [-0.05, 0) is 18.5 Å². The van der Waals surface area contributed by atoms with Crippen molar-refractivity contribution in [2.75, 3.05) is 13.1 Å². The first-order chi connectivity index (χ1) is 8.26. The van der Waals surface area contributed by atoms with Crippen molar-refractivity contribution in [1.29, 1.82) is 0 Å². The Morgan fingerprint density at radius 2 is 1.67 bits per heavy atom. The number of benzene rings is 2. The maximum Gasteiger partial charge on any atom is 0.127 e. The van der Waals surface area contributed by atoms with E-state index in [2.05, 4.69) is 24.8 Å². The van der Waals surface area contributed by atoms with Gasteiger partial charge >= 0.3 is 0 Å². The van der Waals surface area contributed by atoms with Crippen LogP contribution in [-0.2, 0) is 6.54 Å². The Bertz CT molecular complexity index is 509. The van der Waals surface area contributed by atoms with E-state index < -0.39 is 0 Å². The molecule has 0 aliphatic rings. The Kier molecular flexibility index (Phi) is 5.45. The van der Waals surface area contributed by atoms with Gasteiger partial charge in [0.2, 0.25) is 0 Å². The largest absolute Gasteiger partial charge is 0.507 e. The molecular weight excluding hydrogens is 246 g/mol. The third-order valence-electron chi connectivity index (χ3n) is 3.27. The maximum absolute atomic E-state index is 10.3. The van der Waals surface area contributed by atoms with Crippen molar-refractivity contribution in [3.05, 3.63) is 42.0 Å². The van der Waals surface area contributed by atoms with Crippen LogP contribution in [0.4, 0.5) is 0 Å². The summed E-state index contributed by atoms with van der Waals surface area (Å²) in [4.78, 5) is 2.30. The van der Waals surface area contributed by atoms with Gasteiger partial charge in [0.15, 0.2) is 0 Å². The highest BCUT2D eigenvalue weighted by atomic mass is 35.5. The van der Waals surface area contributed by atoms with E-state index in [0.29, 0.717) is 5.75 Å². The topological polar surface area (TPSA) is 23.5 Å². The van der Waals surface area contributed by atoms with Gasteiger partial charge < -0.3 is 5.11 Å². The third kappa shape index (κ3) is 2.95. The fraction of sp³-hybridized carbons (Fsp3) is 0.333. The van der Waals surface area contributed by atoms with Crippen LogP contribution >= 0.6 is 12.4 Å². The van der Waals surface area contributed by atoms with Gasteiger partial charge in [0, 0.05) is 17.5 Å². The third-order valence-corrected chi connectivity index (χ3v) is 3.27. The molecule has 0 saturated carbocycles. The summed E-state index contributed by atoms with van der Waals surface area (Å²) in [7, 11) is 0. The molecule has 0 aliphatic heterocycles. The van der Waals surface area contributed by atoms with Crippen LogP contribution in [0.25, 0.3) is 10.8 Å². The van der Waals surface area contributed by atoms with Gasteiger partial charge in [-0.1, -0.05) is 50.2 Å². The monoisotopic (exact) mass is 265 g/mol. The van der Waals surface area contributed by atoms with E-state index in [9.17, 15) is 5.11 Å². The molecule has 0 atom stereocenters. The molecule has 0 amide bonds. The number of hydrogen-bond acceptors (Lipinski definition) is 2. The molecule has 98 valence electrons. The molecule has 0 aromatic heterocycles. The lowest BCUT2D eigenvalue weighted by Crippen LogP contribution is -2.22. The number of halogens is 1. The van der Waals surface area contributed by atoms with Gasteiger partial charge in [-0.25, -0.2) is 0 Å². The highest BCUT2D eigenvalue weighted by molar-refractivity contribution is 5.89. The van der Waals surface area contributed by atoms with Crippen LogP contribution in [0.5, 0.6) is 5.75 Å². The Labute approximate surface area is 115 Å². The predicted octanol–water partition coefficient (Wildman–Crippen LogP) is 3.81. The van der Waals surface area contributed by atoms with Crippen molar-refractivity contribution >= 4 is 23.2 Å². The summed E-state index contributed by atoms with van der Waals surface area (Å²) in [5.74, 6) is 0.426. The Morgan fingerprint density at radius 3 is 2.33 bits per heavy atom. The summed E-state index contributed by atoms with van der Waals surface area (Å²) >= 11 is 0. The van der Waals surface area contributed by atoms with Crippen molar-refractivity contribution in [3.8, 4) is 5.75 Å². The zero-order chi connectivity index (χ0) is 12.3. The second-order valence-corrected chi connectivity index (χ2v) is 4.26. The Balaban J connectivity index is 0.00000162. The second-order valence-electron chi connectivity index (χ2n) is 4.26. The molecule has 2 aromatic carbocycles. The molecule has 2 aromatic rings. The number of rotatable bonds is 4. The Morgan fingerprint density at radius 1 is 1.00 bits per heavy atom. The first-order valence-corrected chi connectivity index (χ1v) is 6.18. The molecule has 0 unspecified atom stereocenters. The molecule has 0 radical (unpaired) electrons. The molecule has 0 bridgehead atoms.